The fourth-order valence-electron chi connectivity index (χ4n) is 5.03. The standard InChI is InChI=1S/C25H28N4O2/c1-18-8-10-20(11-9-18)12-23(30)29-16-25(17-29)15-28(13-21-6-4-3-5-7-21)14-22(25)24-26-19(2)27-31-24/h3-11,22H,12-17H2,1-2H3. The Morgan fingerprint density at radius 3 is 2.45 bits per heavy atom. The molecule has 2 aliphatic rings. The molecule has 2 aromatic carbocycles. The van der Waals surface area contributed by atoms with Crippen LogP contribution in [0, 0.1) is 19.3 Å². The fraction of sp³-hybridized carbons (Fsp3) is 0.400. The second-order valence-corrected chi connectivity index (χ2v) is 9.16. The number of hydrogen-bond donors (Lipinski definition) is 0. The lowest BCUT2D eigenvalue weighted by atomic mass is 9.71. The number of carbonyl (C=O) groups is 1. The molecule has 6 heteroatoms. The largest absolute Gasteiger partial charge is 0.341 e. The first-order valence-corrected chi connectivity index (χ1v) is 10.9. The van der Waals surface area contributed by atoms with Crippen molar-refractivity contribution in [3.8, 4) is 0 Å². The van der Waals surface area contributed by atoms with E-state index in [2.05, 4.69) is 58.4 Å². The molecule has 1 amide bonds. The Balaban J connectivity index is 1.30. The van der Waals surface area contributed by atoms with Gasteiger partial charge in [-0.15, -0.1) is 0 Å². The van der Waals surface area contributed by atoms with Crippen LogP contribution in [0.25, 0.3) is 0 Å². The zero-order chi connectivity index (χ0) is 21.4. The Kier molecular flexibility index (Phi) is 5.10. The monoisotopic (exact) mass is 416 g/mol. The molecule has 3 aromatic rings. The molecular weight excluding hydrogens is 388 g/mol. The predicted molar refractivity (Wildman–Crippen MR) is 117 cm³/mol. The molecule has 1 unspecified atom stereocenters. The van der Waals surface area contributed by atoms with E-state index >= 15 is 0 Å². The lowest BCUT2D eigenvalue weighted by molar-refractivity contribution is -0.143. The van der Waals surface area contributed by atoms with Crippen LogP contribution in [0.15, 0.2) is 59.1 Å². The third-order valence-corrected chi connectivity index (χ3v) is 6.65. The second kappa shape index (κ2) is 7.93. The lowest BCUT2D eigenvalue weighted by Gasteiger charge is -2.50. The molecule has 1 spiro atoms. The molecule has 1 aromatic heterocycles. The first-order chi connectivity index (χ1) is 15.0. The van der Waals surface area contributed by atoms with Crippen LogP contribution in [0.3, 0.4) is 0 Å². The normalized spacial score (nSPS) is 20.2. The van der Waals surface area contributed by atoms with Gasteiger partial charge in [-0.2, -0.15) is 4.98 Å². The summed E-state index contributed by atoms with van der Waals surface area (Å²) in [6.45, 7) is 8.10. The zero-order valence-corrected chi connectivity index (χ0v) is 18.1. The van der Waals surface area contributed by atoms with E-state index in [1.807, 2.05) is 30.0 Å². The second-order valence-electron chi connectivity index (χ2n) is 9.16. The fourth-order valence-corrected chi connectivity index (χ4v) is 5.03. The topological polar surface area (TPSA) is 62.5 Å². The molecule has 5 rings (SSSR count). The van der Waals surface area contributed by atoms with Crippen LogP contribution < -0.4 is 0 Å². The molecule has 160 valence electrons. The maximum atomic E-state index is 12.9. The minimum atomic E-state index is -0.0172. The van der Waals surface area contributed by atoms with Crippen LogP contribution in [0.2, 0.25) is 0 Å². The molecule has 1 atom stereocenters. The Labute approximate surface area is 182 Å². The lowest BCUT2D eigenvalue weighted by Crippen LogP contribution is -2.61. The molecule has 0 bridgehead atoms. The SMILES string of the molecule is Cc1ccc(CC(=O)N2CC3(CN(Cc4ccccc4)CC3c3nc(C)no3)C2)cc1. The molecule has 2 saturated heterocycles. The Morgan fingerprint density at radius 1 is 1.03 bits per heavy atom. The van der Waals surface area contributed by atoms with Crippen molar-refractivity contribution in [3.63, 3.8) is 0 Å². The molecule has 6 nitrogen and oxygen atoms in total. The van der Waals surface area contributed by atoms with E-state index in [4.69, 9.17) is 4.52 Å². The van der Waals surface area contributed by atoms with Crippen molar-refractivity contribution in [1.29, 1.82) is 0 Å². The number of likely N-dealkylation sites (tertiary alicyclic amines) is 2. The summed E-state index contributed by atoms with van der Waals surface area (Å²) in [5.41, 5.74) is 3.56. The van der Waals surface area contributed by atoms with Crippen LogP contribution in [0.1, 0.15) is 34.3 Å². The average molecular weight is 417 g/mol. The smallest absolute Gasteiger partial charge is 0.231 e. The summed E-state index contributed by atoms with van der Waals surface area (Å²) in [4.78, 5) is 21.9. The van der Waals surface area contributed by atoms with Crippen molar-refractivity contribution in [2.24, 2.45) is 5.41 Å². The van der Waals surface area contributed by atoms with Crippen molar-refractivity contribution in [2.45, 2.75) is 32.7 Å². The zero-order valence-electron chi connectivity index (χ0n) is 18.1. The van der Waals surface area contributed by atoms with Crippen LogP contribution in [0.4, 0.5) is 0 Å². The number of amides is 1. The van der Waals surface area contributed by atoms with E-state index in [0.29, 0.717) is 18.1 Å². The van der Waals surface area contributed by atoms with Gasteiger partial charge in [0.15, 0.2) is 5.82 Å². The van der Waals surface area contributed by atoms with Crippen molar-refractivity contribution in [2.75, 3.05) is 26.2 Å². The van der Waals surface area contributed by atoms with Gasteiger partial charge in [0.05, 0.1) is 12.3 Å². The maximum Gasteiger partial charge on any atom is 0.231 e. The molecule has 0 aliphatic carbocycles. The van der Waals surface area contributed by atoms with Crippen LogP contribution >= 0.6 is 0 Å². The minimum absolute atomic E-state index is 0.0172. The number of rotatable bonds is 5. The van der Waals surface area contributed by atoms with Crippen LogP contribution in [-0.4, -0.2) is 52.0 Å². The van der Waals surface area contributed by atoms with Gasteiger partial charge in [0.2, 0.25) is 11.8 Å². The number of aryl methyl sites for hydroxylation is 2. The van der Waals surface area contributed by atoms with Gasteiger partial charge in [0.1, 0.15) is 0 Å². The van der Waals surface area contributed by atoms with Gasteiger partial charge >= 0.3 is 0 Å². The first-order valence-electron chi connectivity index (χ1n) is 10.9. The van der Waals surface area contributed by atoms with E-state index in [-0.39, 0.29) is 17.2 Å². The van der Waals surface area contributed by atoms with Gasteiger partial charge < -0.3 is 9.42 Å². The highest BCUT2D eigenvalue weighted by molar-refractivity contribution is 5.80. The molecule has 3 heterocycles. The van der Waals surface area contributed by atoms with Gasteiger partial charge in [0.25, 0.3) is 0 Å². The summed E-state index contributed by atoms with van der Waals surface area (Å²) < 4.78 is 5.59. The van der Waals surface area contributed by atoms with Gasteiger partial charge in [-0.25, -0.2) is 0 Å². The van der Waals surface area contributed by atoms with Gasteiger partial charge in [-0.1, -0.05) is 65.3 Å². The van der Waals surface area contributed by atoms with E-state index in [0.717, 1.165) is 38.3 Å². The number of hydrogen-bond acceptors (Lipinski definition) is 5. The third-order valence-electron chi connectivity index (χ3n) is 6.65. The Hall–Kier alpha value is -2.99. The van der Waals surface area contributed by atoms with Crippen LogP contribution in [0.5, 0.6) is 0 Å². The number of benzene rings is 2. The van der Waals surface area contributed by atoms with E-state index in [9.17, 15) is 4.79 Å². The van der Waals surface area contributed by atoms with Gasteiger partial charge in [-0.05, 0) is 25.0 Å². The Morgan fingerprint density at radius 2 is 1.77 bits per heavy atom. The minimum Gasteiger partial charge on any atom is -0.341 e. The molecule has 0 radical (unpaired) electrons. The third kappa shape index (κ3) is 4.00. The molecule has 0 saturated carbocycles. The van der Waals surface area contributed by atoms with E-state index in [1.54, 1.807) is 0 Å². The molecule has 2 fully saturated rings. The van der Waals surface area contributed by atoms with Gasteiger partial charge in [-0.3, -0.25) is 9.69 Å². The number of nitrogens with zero attached hydrogens (tertiary/aromatic N) is 4. The first kappa shape index (κ1) is 19.9. The highest BCUT2D eigenvalue weighted by Gasteiger charge is 2.57. The summed E-state index contributed by atoms with van der Waals surface area (Å²) in [5, 5.41) is 4.03. The van der Waals surface area contributed by atoms with Crippen molar-refractivity contribution in [3.05, 3.63) is 83.0 Å². The molecule has 31 heavy (non-hydrogen) atoms. The number of aromatic nitrogens is 2. The summed E-state index contributed by atoms with van der Waals surface area (Å²) in [5.74, 6) is 1.72. The summed E-state index contributed by atoms with van der Waals surface area (Å²) in [7, 11) is 0. The average Bonchev–Trinajstić information content (AvgIpc) is 3.33. The summed E-state index contributed by atoms with van der Waals surface area (Å²) in [6, 6.07) is 18.7. The summed E-state index contributed by atoms with van der Waals surface area (Å²) in [6.07, 6.45) is 0.453. The maximum absolute atomic E-state index is 12.9. The van der Waals surface area contributed by atoms with E-state index in [1.165, 1.54) is 11.1 Å². The highest BCUT2D eigenvalue weighted by Crippen LogP contribution is 2.49. The Bertz CT molecular complexity index is 1050. The molecule has 2 aliphatic heterocycles. The molecular formula is C25H28N4O2. The van der Waals surface area contributed by atoms with Crippen molar-refractivity contribution in [1.82, 2.24) is 19.9 Å². The quantitative estimate of drug-likeness (QED) is 0.638. The van der Waals surface area contributed by atoms with Crippen LogP contribution in [-0.2, 0) is 17.8 Å². The van der Waals surface area contributed by atoms with Gasteiger partial charge in [0, 0.05) is 38.1 Å². The van der Waals surface area contributed by atoms with E-state index < -0.39 is 0 Å². The highest BCUT2D eigenvalue weighted by atomic mass is 16.5. The number of carbonyl (C=O) groups excluding carboxylic acids is 1. The summed E-state index contributed by atoms with van der Waals surface area (Å²) >= 11 is 0. The van der Waals surface area contributed by atoms with Crippen molar-refractivity contribution < 1.29 is 9.32 Å². The van der Waals surface area contributed by atoms with Crippen molar-refractivity contribution >= 4 is 5.91 Å². The molecule has 0 N–H and O–H groups in total. The predicted octanol–water partition coefficient (Wildman–Crippen LogP) is 3.36.